The second kappa shape index (κ2) is 9.87. The molecule has 1 aliphatic heterocycles. The van der Waals surface area contributed by atoms with Gasteiger partial charge in [-0.1, -0.05) is 24.3 Å². The molecule has 0 bridgehead atoms. The number of pyridine rings is 1. The van der Waals surface area contributed by atoms with Gasteiger partial charge in [-0.3, -0.25) is 14.4 Å². The van der Waals surface area contributed by atoms with Crippen LogP contribution in [0.3, 0.4) is 0 Å². The smallest absolute Gasteiger partial charge is 0.305 e. The molecule has 1 unspecified atom stereocenters. The standard InChI is InChI=1S/C22H26N4O4/c1-15-6-8-23-19(10-15)24-9-7-20(27)25-13-21(28)26-14-17-5-3-2-4-16(17)11-18(26)12-22(29)30/h2-6,8,10,18H,7,9,11-14H2,1H3,(H,23,24)(H,25,27)(H,29,30). The minimum Gasteiger partial charge on any atom is -0.481 e. The number of hydrogen-bond acceptors (Lipinski definition) is 5. The van der Waals surface area contributed by atoms with Crippen LogP contribution in [0.25, 0.3) is 0 Å². The molecule has 30 heavy (non-hydrogen) atoms. The van der Waals surface area contributed by atoms with Gasteiger partial charge in [-0.25, -0.2) is 4.98 Å². The Hall–Kier alpha value is -3.42. The van der Waals surface area contributed by atoms with Crippen LogP contribution in [0.5, 0.6) is 0 Å². The third-order valence-electron chi connectivity index (χ3n) is 5.10. The summed E-state index contributed by atoms with van der Waals surface area (Å²) in [4.78, 5) is 41.8. The summed E-state index contributed by atoms with van der Waals surface area (Å²) in [5, 5.41) is 14.9. The van der Waals surface area contributed by atoms with Gasteiger partial charge in [0.1, 0.15) is 5.82 Å². The second-order valence-corrected chi connectivity index (χ2v) is 7.42. The zero-order valence-corrected chi connectivity index (χ0v) is 16.9. The predicted molar refractivity (Wildman–Crippen MR) is 112 cm³/mol. The number of aryl methyl sites for hydroxylation is 1. The van der Waals surface area contributed by atoms with Crippen molar-refractivity contribution >= 4 is 23.6 Å². The van der Waals surface area contributed by atoms with Gasteiger partial charge in [-0.2, -0.15) is 0 Å². The molecule has 1 aromatic carbocycles. The first-order chi connectivity index (χ1) is 14.4. The molecule has 3 rings (SSSR count). The monoisotopic (exact) mass is 410 g/mol. The molecule has 0 spiro atoms. The number of hydrogen-bond donors (Lipinski definition) is 3. The van der Waals surface area contributed by atoms with Gasteiger partial charge < -0.3 is 20.6 Å². The Kier molecular flexibility index (Phi) is 7.00. The van der Waals surface area contributed by atoms with E-state index in [1.807, 2.05) is 43.3 Å². The number of benzene rings is 1. The summed E-state index contributed by atoms with van der Waals surface area (Å²) in [6.07, 6.45) is 2.27. The van der Waals surface area contributed by atoms with Crippen molar-refractivity contribution in [3.05, 3.63) is 59.3 Å². The molecule has 158 valence electrons. The van der Waals surface area contributed by atoms with Crippen molar-refractivity contribution < 1.29 is 19.5 Å². The molecule has 0 fully saturated rings. The third kappa shape index (κ3) is 5.79. The van der Waals surface area contributed by atoms with Gasteiger partial charge >= 0.3 is 5.97 Å². The van der Waals surface area contributed by atoms with Crippen molar-refractivity contribution in [1.29, 1.82) is 0 Å². The minimum absolute atomic E-state index is 0.124. The second-order valence-electron chi connectivity index (χ2n) is 7.42. The molecule has 2 heterocycles. The number of fused-ring (bicyclic) bond motifs is 1. The number of carboxylic acids is 1. The van der Waals surface area contributed by atoms with E-state index in [1.54, 1.807) is 11.1 Å². The van der Waals surface area contributed by atoms with Gasteiger partial charge in [0.25, 0.3) is 0 Å². The maximum absolute atomic E-state index is 12.7. The lowest BCUT2D eigenvalue weighted by Crippen LogP contribution is -2.49. The van der Waals surface area contributed by atoms with Crippen LogP contribution in [-0.4, -0.2) is 51.9 Å². The summed E-state index contributed by atoms with van der Waals surface area (Å²) in [5.74, 6) is -0.785. The van der Waals surface area contributed by atoms with Gasteiger partial charge in [-0.15, -0.1) is 0 Å². The lowest BCUT2D eigenvalue weighted by Gasteiger charge is -2.36. The highest BCUT2D eigenvalue weighted by Gasteiger charge is 2.31. The van der Waals surface area contributed by atoms with Crippen LogP contribution in [0.4, 0.5) is 5.82 Å². The van der Waals surface area contributed by atoms with E-state index < -0.39 is 12.0 Å². The number of aliphatic carboxylic acids is 1. The van der Waals surface area contributed by atoms with E-state index in [0.29, 0.717) is 25.3 Å². The number of nitrogens with one attached hydrogen (secondary N) is 2. The van der Waals surface area contributed by atoms with E-state index in [-0.39, 0.29) is 31.2 Å². The predicted octanol–water partition coefficient (Wildman–Crippen LogP) is 1.74. The summed E-state index contributed by atoms with van der Waals surface area (Å²) in [6.45, 7) is 2.56. The van der Waals surface area contributed by atoms with Crippen LogP contribution in [-0.2, 0) is 27.3 Å². The fourth-order valence-electron chi connectivity index (χ4n) is 3.56. The first kappa shape index (κ1) is 21.3. The summed E-state index contributed by atoms with van der Waals surface area (Å²) in [5.41, 5.74) is 3.14. The average molecular weight is 410 g/mol. The molecule has 3 N–H and O–H groups in total. The largest absolute Gasteiger partial charge is 0.481 e. The van der Waals surface area contributed by atoms with Gasteiger partial charge in [0, 0.05) is 31.7 Å². The highest BCUT2D eigenvalue weighted by atomic mass is 16.4. The summed E-state index contributed by atoms with van der Waals surface area (Å²) < 4.78 is 0. The molecular formula is C22H26N4O4. The Morgan fingerprint density at radius 3 is 2.70 bits per heavy atom. The van der Waals surface area contributed by atoms with Gasteiger partial charge in [-0.05, 0) is 42.2 Å². The van der Waals surface area contributed by atoms with Gasteiger partial charge in [0.05, 0.1) is 13.0 Å². The fraction of sp³-hybridized carbons (Fsp3) is 0.364. The Labute approximate surface area is 175 Å². The lowest BCUT2D eigenvalue weighted by atomic mass is 9.92. The summed E-state index contributed by atoms with van der Waals surface area (Å²) >= 11 is 0. The molecule has 1 atom stereocenters. The van der Waals surface area contributed by atoms with Crippen LogP contribution >= 0.6 is 0 Å². The molecule has 1 aromatic heterocycles. The van der Waals surface area contributed by atoms with Crippen LogP contribution in [0, 0.1) is 6.92 Å². The highest BCUT2D eigenvalue weighted by molar-refractivity contribution is 5.85. The molecule has 0 aliphatic carbocycles. The number of carbonyl (C=O) groups excluding carboxylic acids is 2. The van der Waals surface area contributed by atoms with Crippen LogP contribution in [0.15, 0.2) is 42.6 Å². The Bertz CT molecular complexity index is 931. The first-order valence-electron chi connectivity index (χ1n) is 9.93. The Balaban J connectivity index is 1.51. The Morgan fingerprint density at radius 2 is 1.97 bits per heavy atom. The number of carboxylic acid groups (broad SMARTS) is 1. The molecular weight excluding hydrogens is 384 g/mol. The zero-order chi connectivity index (χ0) is 21.5. The highest BCUT2D eigenvalue weighted by Crippen LogP contribution is 2.25. The Morgan fingerprint density at radius 1 is 1.20 bits per heavy atom. The van der Waals surface area contributed by atoms with E-state index in [4.69, 9.17) is 0 Å². The molecule has 8 nitrogen and oxygen atoms in total. The van der Waals surface area contributed by atoms with Crippen molar-refractivity contribution in [2.45, 2.75) is 38.8 Å². The number of nitrogens with zero attached hydrogens (tertiary/aromatic N) is 2. The first-order valence-corrected chi connectivity index (χ1v) is 9.93. The molecule has 0 radical (unpaired) electrons. The van der Waals surface area contributed by atoms with Crippen LogP contribution in [0.1, 0.15) is 29.5 Å². The number of aromatic nitrogens is 1. The van der Waals surface area contributed by atoms with Crippen molar-refractivity contribution in [2.24, 2.45) is 0 Å². The van der Waals surface area contributed by atoms with Crippen LogP contribution < -0.4 is 10.6 Å². The number of amides is 2. The van der Waals surface area contributed by atoms with Gasteiger partial charge in [0.2, 0.25) is 11.8 Å². The molecule has 2 aromatic rings. The van der Waals surface area contributed by atoms with E-state index in [2.05, 4.69) is 15.6 Å². The van der Waals surface area contributed by atoms with Crippen LogP contribution in [0.2, 0.25) is 0 Å². The maximum atomic E-state index is 12.7. The third-order valence-corrected chi connectivity index (χ3v) is 5.10. The van der Waals surface area contributed by atoms with E-state index in [9.17, 15) is 19.5 Å². The fourth-order valence-corrected chi connectivity index (χ4v) is 3.56. The number of rotatable bonds is 8. The molecule has 0 saturated carbocycles. The number of carbonyl (C=O) groups is 3. The van der Waals surface area contributed by atoms with Crippen molar-refractivity contribution in [2.75, 3.05) is 18.4 Å². The lowest BCUT2D eigenvalue weighted by molar-refractivity contribution is -0.142. The quantitative estimate of drug-likeness (QED) is 0.611. The van der Waals surface area contributed by atoms with Crippen molar-refractivity contribution in [3.8, 4) is 0 Å². The molecule has 1 aliphatic rings. The summed E-state index contributed by atoms with van der Waals surface area (Å²) in [6, 6.07) is 11.1. The molecule has 0 saturated heterocycles. The van der Waals surface area contributed by atoms with Crippen molar-refractivity contribution in [1.82, 2.24) is 15.2 Å². The SMILES string of the molecule is Cc1ccnc(NCCC(=O)NCC(=O)N2Cc3ccccc3CC2CC(=O)O)c1. The molecule has 2 amide bonds. The zero-order valence-electron chi connectivity index (χ0n) is 16.9. The molecule has 8 heteroatoms. The summed E-state index contributed by atoms with van der Waals surface area (Å²) in [7, 11) is 0. The van der Waals surface area contributed by atoms with E-state index >= 15 is 0 Å². The van der Waals surface area contributed by atoms with Crippen molar-refractivity contribution in [3.63, 3.8) is 0 Å². The topological polar surface area (TPSA) is 112 Å². The normalized spacial score (nSPS) is 15.2. The maximum Gasteiger partial charge on any atom is 0.305 e. The minimum atomic E-state index is -0.947. The van der Waals surface area contributed by atoms with E-state index in [0.717, 1.165) is 16.7 Å². The average Bonchev–Trinajstić information content (AvgIpc) is 2.71. The number of anilines is 1. The van der Waals surface area contributed by atoms with E-state index in [1.165, 1.54) is 0 Å². The van der Waals surface area contributed by atoms with Gasteiger partial charge in [0.15, 0.2) is 0 Å².